The van der Waals surface area contributed by atoms with Gasteiger partial charge in [-0.25, -0.2) is 4.79 Å². The van der Waals surface area contributed by atoms with Crippen molar-refractivity contribution in [1.29, 1.82) is 0 Å². The number of carbonyl (C=O) groups excluding carboxylic acids is 1. The van der Waals surface area contributed by atoms with E-state index in [0.717, 1.165) is 32.2 Å². The number of H-pyrrole nitrogens is 1. The number of carbonyl (C=O) groups is 1. The molecule has 0 bridgehead atoms. The molecule has 1 fully saturated rings. The summed E-state index contributed by atoms with van der Waals surface area (Å²) in [6.07, 6.45) is 3.32. The SMILES string of the molecule is CCCCn1c(NC(=O)C2CCNC2)c(NCCC(C)C)c(=O)[nH]c1=O.Cl. The molecule has 1 aromatic rings. The third-order valence-corrected chi connectivity index (χ3v) is 4.63. The van der Waals surface area contributed by atoms with Crippen molar-refractivity contribution in [3.8, 4) is 0 Å². The van der Waals surface area contributed by atoms with Crippen molar-refractivity contribution in [3.63, 3.8) is 0 Å². The van der Waals surface area contributed by atoms with Crippen molar-refractivity contribution >= 4 is 29.8 Å². The molecular weight excluding hydrogens is 370 g/mol. The fourth-order valence-electron chi connectivity index (χ4n) is 2.98. The third kappa shape index (κ3) is 6.39. The van der Waals surface area contributed by atoms with Crippen LogP contribution >= 0.6 is 12.4 Å². The molecule has 1 saturated heterocycles. The van der Waals surface area contributed by atoms with Crippen LogP contribution in [-0.2, 0) is 11.3 Å². The monoisotopic (exact) mass is 401 g/mol. The van der Waals surface area contributed by atoms with E-state index in [9.17, 15) is 14.4 Å². The number of halogens is 1. The van der Waals surface area contributed by atoms with Crippen molar-refractivity contribution in [3.05, 3.63) is 20.8 Å². The van der Waals surface area contributed by atoms with E-state index in [1.54, 1.807) is 0 Å². The van der Waals surface area contributed by atoms with Crippen LogP contribution in [0.25, 0.3) is 0 Å². The molecule has 0 spiro atoms. The highest BCUT2D eigenvalue weighted by molar-refractivity contribution is 5.94. The summed E-state index contributed by atoms with van der Waals surface area (Å²) < 4.78 is 1.46. The summed E-state index contributed by atoms with van der Waals surface area (Å²) in [7, 11) is 0. The van der Waals surface area contributed by atoms with Crippen LogP contribution in [0.3, 0.4) is 0 Å². The molecule has 0 saturated carbocycles. The second-order valence-electron chi connectivity index (χ2n) is 7.28. The van der Waals surface area contributed by atoms with Crippen LogP contribution in [0.1, 0.15) is 46.5 Å². The first-order chi connectivity index (χ1) is 12.4. The zero-order valence-electron chi connectivity index (χ0n) is 16.4. The Morgan fingerprint density at radius 1 is 1.33 bits per heavy atom. The average Bonchev–Trinajstić information content (AvgIpc) is 3.11. The average molecular weight is 402 g/mol. The van der Waals surface area contributed by atoms with E-state index in [1.807, 2.05) is 6.92 Å². The molecule has 1 aliphatic heterocycles. The van der Waals surface area contributed by atoms with E-state index in [4.69, 9.17) is 0 Å². The number of aromatic nitrogens is 2. The lowest BCUT2D eigenvalue weighted by molar-refractivity contribution is -0.119. The van der Waals surface area contributed by atoms with E-state index in [2.05, 4.69) is 34.8 Å². The number of hydrogen-bond acceptors (Lipinski definition) is 5. The van der Waals surface area contributed by atoms with Crippen LogP contribution in [-0.4, -0.2) is 35.1 Å². The van der Waals surface area contributed by atoms with Gasteiger partial charge in [-0.2, -0.15) is 0 Å². The standard InChI is InChI=1S/C18H31N5O3.ClH/c1-4-5-10-23-15(21-16(24)13-7-8-19-11-13)14(17(25)22-18(23)26)20-9-6-12(2)3;/h12-13,19-20H,4-11H2,1-3H3,(H,21,24)(H,22,25,26);1H. The maximum atomic E-state index is 12.6. The molecule has 0 aliphatic carbocycles. The maximum absolute atomic E-state index is 12.6. The number of nitrogens with one attached hydrogen (secondary N) is 4. The summed E-state index contributed by atoms with van der Waals surface area (Å²) in [5.74, 6) is 0.465. The zero-order valence-corrected chi connectivity index (χ0v) is 17.2. The van der Waals surface area contributed by atoms with Gasteiger partial charge in [-0.15, -0.1) is 12.4 Å². The Balaban J connectivity index is 0.00000364. The van der Waals surface area contributed by atoms with Crippen molar-refractivity contribution in [2.75, 3.05) is 30.3 Å². The summed E-state index contributed by atoms with van der Waals surface area (Å²) in [5, 5.41) is 9.13. The highest BCUT2D eigenvalue weighted by Crippen LogP contribution is 2.19. The molecule has 1 aromatic heterocycles. The smallest absolute Gasteiger partial charge is 0.330 e. The Labute approximate surface area is 165 Å². The molecule has 4 N–H and O–H groups in total. The van der Waals surface area contributed by atoms with E-state index >= 15 is 0 Å². The van der Waals surface area contributed by atoms with Gasteiger partial charge in [-0.1, -0.05) is 27.2 Å². The summed E-state index contributed by atoms with van der Waals surface area (Å²) >= 11 is 0. The molecular formula is C18H32ClN5O3. The molecule has 154 valence electrons. The normalized spacial score (nSPS) is 16.2. The van der Waals surface area contributed by atoms with Gasteiger partial charge in [0.25, 0.3) is 5.56 Å². The van der Waals surface area contributed by atoms with Gasteiger partial charge in [-0.3, -0.25) is 19.1 Å². The Hall–Kier alpha value is -1.80. The fraction of sp³-hybridized carbons (Fsp3) is 0.722. The summed E-state index contributed by atoms with van der Waals surface area (Å²) in [6, 6.07) is 0. The first-order valence-corrected chi connectivity index (χ1v) is 9.56. The van der Waals surface area contributed by atoms with Crippen LogP contribution in [0.2, 0.25) is 0 Å². The van der Waals surface area contributed by atoms with Gasteiger partial charge in [0, 0.05) is 19.6 Å². The molecule has 8 nitrogen and oxygen atoms in total. The number of amides is 1. The number of rotatable bonds is 9. The molecule has 2 rings (SSSR count). The van der Waals surface area contributed by atoms with Gasteiger partial charge in [0.05, 0.1) is 5.92 Å². The first kappa shape index (κ1) is 23.2. The van der Waals surface area contributed by atoms with Gasteiger partial charge >= 0.3 is 5.69 Å². The molecule has 1 atom stereocenters. The van der Waals surface area contributed by atoms with Gasteiger partial charge in [-0.05, 0) is 31.7 Å². The fourth-order valence-corrected chi connectivity index (χ4v) is 2.98. The molecule has 1 amide bonds. The minimum atomic E-state index is -0.494. The van der Waals surface area contributed by atoms with Crippen LogP contribution in [0.15, 0.2) is 9.59 Å². The highest BCUT2D eigenvalue weighted by Gasteiger charge is 2.25. The van der Waals surface area contributed by atoms with Crippen molar-refractivity contribution in [1.82, 2.24) is 14.9 Å². The second kappa shape index (κ2) is 11.1. The Morgan fingerprint density at radius 2 is 2.07 bits per heavy atom. The molecule has 1 aliphatic rings. The molecule has 27 heavy (non-hydrogen) atoms. The van der Waals surface area contributed by atoms with E-state index in [-0.39, 0.29) is 35.7 Å². The van der Waals surface area contributed by atoms with Crippen LogP contribution in [0, 0.1) is 11.8 Å². The molecule has 1 unspecified atom stereocenters. The Kier molecular flexibility index (Phi) is 9.59. The van der Waals surface area contributed by atoms with Crippen LogP contribution in [0.5, 0.6) is 0 Å². The van der Waals surface area contributed by atoms with Crippen LogP contribution < -0.4 is 27.2 Å². The minimum Gasteiger partial charge on any atom is -0.378 e. The lowest BCUT2D eigenvalue weighted by atomic mass is 10.1. The molecule has 2 heterocycles. The second-order valence-corrected chi connectivity index (χ2v) is 7.28. The number of unbranched alkanes of at least 4 members (excludes halogenated alkanes) is 1. The lowest BCUT2D eigenvalue weighted by Gasteiger charge is -2.19. The summed E-state index contributed by atoms with van der Waals surface area (Å²) in [6.45, 7) is 8.69. The summed E-state index contributed by atoms with van der Waals surface area (Å²) in [5.41, 5.74) is -0.718. The Bertz CT molecular complexity index is 723. The predicted molar refractivity (Wildman–Crippen MR) is 111 cm³/mol. The van der Waals surface area contributed by atoms with Crippen molar-refractivity contribution in [2.45, 2.75) is 53.0 Å². The first-order valence-electron chi connectivity index (χ1n) is 9.56. The van der Waals surface area contributed by atoms with Crippen molar-refractivity contribution < 1.29 is 4.79 Å². The van der Waals surface area contributed by atoms with E-state index < -0.39 is 11.2 Å². The van der Waals surface area contributed by atoms with Gasteiger partial charge in [0.1, 0.15) is 11.5 Å². The number of nitrogens with zero attached hydrogens (tertiary/aromatic N) is 1. The van der Waals surface area contributed by atoms with E-state index in [1.165, 1.54) is 4.57 Å². The largest absolute Gasteiger partial charge is 0.378 e. The Morgan fingerprint density at radius 3 is 2.67 bits per heavy atom. The number of aromatic amines is 1. The summed E-state index contributed by atoms with van der Waals surface area (Å²) in [4.78, 5) is 39.6. The predicted octanol–water partition coefficient (Wildman–Crippen LogP) is 1.76. The van der Waals surface area contributed by atoms with Gasteiger partial charge in [0.2, 0.25) is 5.91 Å². The van der Waals surface area contributed by atoms with Gasteiger partial charge in [0.15, 0.2) is 0 Å². The van der Waals surface area contributed by atoms with Gasteiger partial charge < -0.3 is 16.0 Å². The molecule has 0 radical (unpaired) electrons. The topological polar surface area (TPSA) is 108 Å². The maximum Gasteiger partial charge on any atom is 0.330 e. The van der Waals surface area contributed by atoms with Crippen molar-refractivity contribution in [2.24, 2.45) is 11.8 Å². The van der Waals surface area contributed by atoms with Crippen LogP contribution in [0.4, 0.5) is 11.5 Å². The number of anilines is 2. The minimum absolute atomic E-state index is 0. The highest BCUT2D eigenvalue weighted by atomic mass is 35.5. The number of hydrogen-bond donors (Lipinski definition) is 4. The lowest BCUT2D eigenvalue weighted by Crippen LogP contribution is -2.37. The third-order valence-electron chi connectivity index (χ3n) is 4.63. The molecule has 0 aromatic carbocycles. The van der Waals surface area contributed by atoms with E-state index in [0.29, 0.717) is 25.6 Å². The molecule has 9 heteroatoms. The quantitative estimate of drug-likeness (QED) is 0.504. The zero-order chi connectivity index (χ0) is 19.1.